The lowest BCUT2D eigenvalue weighted by Crippen LogP contribution is -2.40. The summed E-state index contributed by atoms with van der Waals surface area (Å²) in [7, 11) is 4.01. The molecule has 2 aromatic rings. The zero-order valence-corrected chi connectivity index (χ0v) is 14.2. The average molecular weight is 332 g/mol. The van der Waals surface area contributed by atoms with Crippen molar-refractivity contribution in [2.45, 2.75) is 12.6 Å². The maximum absolute atomic E-state index is 12.0. The molecule has 2 N–H and O–H groups in total. The first-order chi connectivity index (χ1) is 11.1. The third kappa shape index (κ3) is 5.58. The molecule has 4 nitrogen and oxygen atoms in total. The number of hydrogen-bond donors (Lipinski definition) is 2. The molecule has 0 aliphatic carbocycles. The topological polar surface area (TPSA) is 44.4 Å². The third-order valence-electron chi connectivity index (χ3n) is 3.63. The lowest BCUT2D eigenvalue weighted by Gasteiger charge is -2.25. The number of nitrogens with zero attached hydrogens (tertiary/aromatic N) is 1. The second kappa shape index (κ2) is 8.56. The van der Waals surface area contributed by atoms with Gasteiger partial charge in [-0.2, -0.15) is 0 Å². The van der Waals surface area contributed by atoms with Crippen LogP contribution in [0.5, 0.6) is 0 Å². The Morgan fingerprint density at radius 1 is 1.04 bits per heavy atom. The van der Waals surface area contributed by atoms with Crippen molar-refractivity contribution in [1.82, 2.24) is 15.5 Å². The van der Waals surface area contributed by atoms with Gasteiger partial charge in [-0.1, -0.05) is 54.1 Å². The number of carbonyl (C=O) groups excluding carboxylic acids is 1. The summed E-state index contributed by atoms with van der Waals surface area (Å²) in [6, 6.07) is 17.5. The molecule has 122 valence electrons. The molecule has 0 radical (unpaired) electrons. The van der Waals surface area contributed by atoms with Crippen molar-refractivity contribution in [2.24, 2.45) is 0 Å². The smallest absolute Gasteiger partial charge is 0.315 e. The molecule has 2 rings (SSSR count). The Kier molecular flexibility index (Phi) is 6.44. The predicted molar refractivity (Wildman–Crippen MR) is 94.6 cm³/mol. The van der Waals surface area contributed by atoms with E-state index < -0.39 is 0 Å². The molecule has 2 amide bonds. The highest BCUT2D eigenvalue weighted by atomic mass is 35.5. The highest BCUT2D eigenvalue weighted by Gasteiger charge is 2.14. The fraction of sp³-hybridized carbons (Fsp3) is 0.278. The van der Waals surface area contributed by atoms with Crippen molar-refractivity contribution in [3.05, 3.63) is 70.7 Å². The lowest BCUT2D eigenvalue weighted by atomic mass is 10.1. The van der Waals surface area contributed by atoms with Crippen LogP contribution in [0.3, 0.4) is 0 Å². The van der Waals surface area contributed by atoms with Crippen LogP contribution in [0.2, 0.25) is 5.02 Å². The highest BCUT2D eigenvalue weighted by molar-refractivity contribution is 6.30. The van der Waals surface area contributed by atoms with Crippen molar-refractivity contribution in [3.8, 4) is 0 Å². The second-order valence-corrected chi connectivity index (χ2v) is 6.02. The number of carbonyl (C=O) groups is 1. The molecule has 0 saturated carbocycles. The Bertz CT molecular complexity index is 614. The van der Waals surface area contributed by atoms with Crippen molar-refractivity contribution in [1.29, 1.82) is 0 Å². The summed E-state index contributed by atoms with van der Waals surface area (Å²) in [5, 5.41) is 6.47. The largest absolute Gasteiger partial charge is 0.336 e. The first kappa shape index (κ1) is 17.3. The highest BCUT2D eigenvalue weighted by Crippen LogP contribution is 2.16. The number of hydrogen-bond acceptors (Lipinski definition) is 2. The maximum Gasteiger partial charge on any atom is 0.315 e. The monoisotopic (exact) mass is 331 g/mol. The number of halogens is 1. The van der Waals surface area contributed by atoms with Gasteiger partial charge in [0, 0.05) is 18.1 Å². The van der Waals surface area contributed by atoms with Crippen LogP contribution in [0.4, 0.5) is 4.79 Å². The Balaban J connectivity index is 1.83. The molecule has 0 aliphatic heterocycles. The van der Waals surface area contributed by atoms with Crippen molar-refractivity contribution < 1.29 is 4.79 Å². The van der Waals surface area contributed by atoms with Gasteiger partial charge in [-0.15, -0.1) is 0 Å². The first-order valence-electron chi connectivity index (χ1n) is 7.54. The summed E-state index contributed by atoms with van der Waals surface area (Å²) in [4.78, 5) is 14.1. The van der Waals surface area contributed by atoms with Gasteiger partial charge in [0.1, 0.15) is 0 Å². The molecule has 0 fully saturated rings. The lowest BCUT2D eigenvalue weighted by molar-refractivity contribution is 0.232. The van der Waals surface area contributed by atoms with E-state index in [1.807, 2.05) is 56.6 Å². The number of benzene rings is 2. The van der Waals surface area contributed by atoms with Gasteiger partial charge in [-0.25, -0.2) is 4.79 Å². The van der Waals surface area contributed by atoms with Crippen LogP contribution in [-0.2, 0) is 6.54 Å². The molecule has 0 saturated heterocycles. The summed E-state index contributed by atoms with van der Waals surface area (Å²) in [6.07, 6.45) is 0. The zero-order chi connectivity index (χ0) is 16.7. The van der Waals surface area contributed by atoms with Gasteiger partial charge in [-0.05, 0) is 37.4 Å². The standard InChI is InChI=1S/C18H22ClN3O/c1-22(2)17(15-6-4-3-5-7-15)13-21-18(23)20-12-14-8-10-16(19)11-9-14/h3-11,17H,12-13H2,1-2H3,(H2,20,21,23). The van der Waals surface area contributed by atoms with Crippen molar-refractivity contribution in [3.63, 3.8) is 0 Å². The quantitative estimate of drug-likeness (QED) is 0.851. The molecule has 1 atom stereocenters. The Morgan fingerprint density at radius 2 is 1.70 bits per heavy atom. The minimum atomic E-state index is -0.178. The summed E-state index contributed by atoms with van der Waals surface area (Å²) in [5.74, 6) is 0. The van der Waals surface area contributed by atoms with E-state index in [9.17, 15) is 4.79 Å². The van der Waals surface area contributed by atoms with E-state index in [0.717, 1.165) is 5.56 Å². The molecule has 0 aliphatic rings. The molecule has 0 aromatic heterocycles. The van der Waals surface area contributed by atoms with Gasteiger partial charge in [0.25, 0.3) is 0 Å². The molecular weight excluding hydrogens is 310 g/mol. The summed E-state index contributed by atoms with van der Waals surface area (Å²) >= 11 is 5.84. The Labute approximate surface area is 142 Å². The Morgan fingerprint density at radius 3 is 2.30 bits per heavy atom. The molecule has 2 aromatic carbocycles. The van der Waals surface area contributed by atoms with E-state index in [0.29, 0.717) is 18.1 Å². The van der Waals surface area contributed by atoms with Crippen LogP contribution < -0.4 is 10.6 Å². The fourth-order valence-electron chi connectivity index (χ4n) is 2.31. The normalized spacial score (nSPS) is 12.0. The molecule has 0 spiro atoms. The van der Waals surface area contributed by atoms with Gasteiger partial charge in [0.15, 0.2) is 0 Å². The van der Waals surface area contributed by atoms with Gasteiger partial charge >= 0.3 is 6.03 Å². The minimum Gasteiger partial charge on any atom is -0.336 e. The maximum atomic E-state index is 12.0. The number of urea groups is 1. The number of amides is 2. The average Bonchev–Trinajstić information content (AvgIpc) is 2.55. The van der Waals surface area contributed by atoms with Gasteiger partial charge < -0.3 is 15.5 Å². The van der Waals surface area contributed by atoms with Gasteiger partial charge in [0.2, 0.25) is 0 Å². The number of nitrogens with one attached hydrogen (secondary N) is 2. The minimum absolute atomic E-state index is 0.137. The number of rotatable bonds is 6. The van der Waals surface area contributed by atoms with E-state index in [1.165, 1.54) is 5.56 Å². The molecular formula is C18H22ClN3O. The van der Waals surface area contributed by atoms with E-state index in [1.54, 1.807) is 0 Å². The van der Waals surface area contributed by atoms with E-state index in [4.69, 9.17) is 11.6 Å². The molecule has 1 unspecified atom stereocenters. The predicted octanol–water partition coefficient (Wildman–Crippen LogP) is 3.44. The summed E-state index contributed by atoms with van der Waals surface area (Å²) in [6.45, 7) is 1.02. The van der Waals surface area contributed by atoms with Crippen LogP contribution in [0.25, 0.3) is 0 Å². The van der Waals surface area contributed by atoms with E-state index >= 15 is 0 Å². The molecule has 0 heterocycles. The van der Waals surface area contributed by atoms with Crippen LogP contribution >= 0.6 is 11.6 Å². The SMILES string of the molecule is CN(C)C(CNC(=O)NCc1ccc(Cl)cc1)c1ccccc1. The van der Waals surface area contributed by atoms with Crippen LogP contribution in [0.15, 0.2) is 54.6 Å². The van der Waals surface area contributed by atoms with Gasteiger partial charge in [0.05, 0.1) is 6.04 Å². The molecule has 0 bridgehead atoms. The second-order valence-electron chi connectivity index (χ2n) is 5.58. The van der Waals surface area contributed by atoms with Crippen molar-refractivity contribution >= 4 is 17.6 Å². The van der Waals surface area contributed by atoms with Crippen LogP contribution in [0.1, 0.15) is 17.2 Å². The summed E-state index contributed by atoms with van der Waals surface area (Å²) in [5.41, 5.74) is 2.19. The molecule has 5 heteroatoms. The summed E-state index contributed by atoms with van der Waals surface area (Å²) < 4.78 is 0. The van der Waals surface area contributed by atoms with Crippen LogP contribution in [0, 0.1) is 0 Å². The Hall–Kier alpha value is -2.04. The fourth-order valence-corrected chi connectivity index (χ4v) is 2.44. The van der Waals surface area contributed by atoms with E-state index in [-0.39, 0.29) is 12.1 Å². The zero-order valence-electron chi connectivity index (χ0n) is 13.4. The van der Waals surface area contributed by atoms with Crippen molar-refractivity contribution in [2.75, 3.05) is 20.6 Å². The first-order valence-corrected chi connectivity index (χ1v) is 7.91. The van der Waals surface area contributed by atoms with E-state index in [2.05, 4.69) is 27.7 Å². The third-order valence-corrected chi connectivity index (χ3v) is 3.88. The van der Waals surface area contributed by atoms with Crippen LogP contribution in [-0.4, -0.2) is 31.6 Å². The number of likely N-dealkylation sites (N-methyl/N-ethyl adjacent to an activating group) is 1. The molecule has 23 heavy (non-hydrogen) atoms. The van der Waals surface area contributed by atoms with Gasteiger partial charge in [-0.3, -0.25) is 0 Å².